The van der Waals surface area contributed by atoms with Crippen molar-refractivity contribution in [3.05, 3.63) is 66.6 Å². The number of para-hydroxylation sites is 1. The largest absolute Gasteiger partial charge is 0.481 e. The molecular formula is C17H13FN2O2. The maximum atomic E-state index is 13.4. The molecule has 0 spiro atoms. The summed E-state index contributed by atoms with van der Waals surface area (Å²) in [5.74, 6) is -0.804. The smallest absolute Gasteiger partial charge is 0.262 e. The molecule has 1 heterocycles. The molecule has 0 unspecified atom stereocenters. The van der Waals surface area contributed by atoms with Gasteiger partial charge in [-0.3, -0.25) is 9.78 Å². The molecule has 5 heteroatoms. The van der Waals surface area contributed by atoms with Crippen LogP contribution < -0.4 is 10.1 Å². The molecule has 0 saturated heterocycles. The van der Waals surface area contributed by atoms with Gasteiger partial charge < -0.3 is 10.1 Å². The molecular weight excluding hydrogens is 283 g/mol. The van der Waals surface area contributed by atoms with Crippen molar-refractivity contribution in [1.29, 1.82) is 0 Å². The molecule has 22 heavy (non-hydrogen) atoms. The summed E-state index contributed by atoms with van der Waals surface area (Å²) in [4.78, 5) is 16.2. The summed E-state index contributed by atoms with van der Waals surface area (Å²) in [6.07, 6.45) is 1.69. The molecule has 1 N–H and O–H groups in total. The first-order chi connectivity index (χ1) is 10.7. The quantitative estimate of drug-likeness (QED) is 0.803. The van der Waals surface area contributed by atoms with Crippen LogP contribution in [0.1, 0.15) is 0 Å². The van der Waals surface area contributed by atoms with E-state index >= 15 is 0 Å². The Bertz CT molecular complexity index is 815. The van der Waals surface area contributed by atoms with Gasteiger partial charge in [0.05, 0.1) is 11.2 Å². The van der Waals surface area contributed by atoms with Crippen molar-refractivity contribution in [3.63, 3.8) is 0 Å². The average Bonchev–Trinajstić information content (AvgIpc) is 2.54. The van der Waals surface area contributed by atoms with Crippen molar-refractivity contribution in [2.75, 3.05) is 11.9 Å². The van der Waals surface area contributed by atoms with Crippen LogP contribution in [0.3, 0.4) is 0 Å². The average molecular weight is 296 g/mol. The lowest BCUT2D eigenvalue weighted by molar-refractivity contribution is -0.118. The molecule has 3 rings (SSSR count). The van der Waals surface area contributed by atoms with Crippen molar-refractivity contribution in [2.24, 2.45) is 0 Å². The van der Waals surface area contributed by atoms with Crippen LogP contribution in [0, 0.1) is 5.82 Å². The zero-order valence-electron chi connectivity index (χ0n) is 11.6. The first kappa shape index (κ1) is 14.0. The minimum Gasteiger partial charge on any atom is -0.481 e. The predicted molar refractivity (Wildman–Crippen MR) is 82.3 cm³/mol. The molecule has 0 fully saturated rings. The van der Waals surface area contributed by atoms with E-state index in [2.05, 4.69) is 10.3 Å². The maximum Gasteiger partial charge on any atom is 0.262 e. The normalized spacial score (nSPS) is 10.4. The Morgan fingerprint density at radius 2 is 1.95 bits per heavy atom. The Labute approximate surface area is 126 Å². The standard InChI is InChI=1S/C17H13FN2O2/c18-13-6-1-2-9-16(13)22-11-17(21)20-15-8-3-7-14-12(15)5-4-10-19-14/h1-10H,11H2,(H,20,21). The minimum absolute atomic E-state index is 0.0530. The number of amides is 1. The second-order valence-corrected chi connectivity index (χ2v) is 4.64. The van der Waals surface area contributed by atoms with E-state index in [1.807, 2.05) is 18.2 Å². The second kappa shape index (κ2) is 6.22. The van der Waals surface area contributed by atoms with Crippen LogP contribution >= 0.6 is 0 Å². The Hall–Kier alpha value is -2.95. The summed E-state index contributed by atoms with van der Waals surface area (Å²) in [6, 6.07) is 15.1. The van der Waals surface area contributed by atoms with Crippen molar-refractivity contribution in [3.8, 4) is 5.75 Å². The molecule has 0 atom stereocenters. The number of anilines is 1. The molecule has 110 valence electrons. The zero-order valence-corrected chi connectivity index (χ0v) is 11.6. The third kappa shape index (κ3) is 3.03. The first-order valence-electron chi connectivity index (χ1n) is 6.75. The van der Waals surface area contributed by atoms with E-state index in [9.17, 15) is 9.18 Å². The lowest BCUT2D eigenvalue weighted by Gasteiger charge is -2.09. The number of pyridine rings is 1. The molecule has 0 aliphatic carbocycles. The van der Waals surface area contributed by atoms with Gasteiger partial charge in [0.2, 0.25) is 0 Å². The maximum absolute atomic E-state index is 13.4. The van der Waals surface area contributed by atoms with E-state index in [0.29, 0.717) is 5.69 Å². The number of rotatable bonds is 4. The van der Waals surface area contributed by atoms with Crippen LogP contribution in [-0.4, -0.2) is 17.5 Å². The summed E-state index contributed by atoms with van der Waals surface area (Å²) in [6.45, 7) is -0.266. The lowest BCUT2D eigenvalue weighted by atomic mass is 10.2. The topological polar surface area (TPSA) is 51.2 Å². The number of carbonyl (C=O) groups excluding carboxylic acids is 1. The van der Waals surface area contributed by atoms with E-state index in [0.717, 1.165) is 10.9 Å². The molecule has 0 bridgehead atoms. The van der Waals surface area contributed by atoms with Gasteiger partial charge in [0.1, 0.15) is 0 Å². The molecule has 4 nitrogen and oxygen atoms in total. The third-order valence-electron chi connectivity index (χ3n) is 3.12. The minimum atomic E-state index is -0.496. The second-order valence-electron chi connectivity index (χ2n) is 4.64. The number of nitrogens with one attached hydrogen (secondary N) is 1. The van der Waals surface area contributed by atoms with Gasteiger partial charge in [-0.15, -0.1) is 0 Å². The number of fused-ring (bicyclic) bond motifs is 1. The van der Waals surface area contributed by atoms with Gasteiger partial charge >= 0.3 is 0 Å². The van der Waals surface area contributed by atoms with E-state index in [1.54, 1.807) is 30.5 Å². The van der Waals surface area contributed by atoms with Crippen LogP contribution in [0.25, 0.3) is 10.9 Å². The van der Waals surface area contributed by atoms with Gasteiger partial charge in [0.25, 0.3) is 5.91 Å². The Morgan fingerprint density at radius 3 is 2.82 bits per heavy atom. The Morgan fingerprint density at radius 1 is 1.09 bits per heavy atom. The fourth-order valence-electron chi connectivity index (χ4n) is 2.10. The van der Waals surface area contributed by atoms with Crippen molar-refractivity contribution >= 4 is 22.5 Å². The van der Waals surface area contributed by atoms with Crippen LogP contribution in [0.5, 0.6) is 5.75 Å². The third-order valence-corrected chi connectivity index (χ3v) is 3.12. The number of hydrogen-bond acceptors (Lipinski definition) is 3. The Kier molecular flexibility index (Phi) is 3.96. The van der Waals surface area contributed by atoms with Gasteiger partial charge in [0, 0.05) is 11.6 Å². The summed E-state index contributed by atoms with van der Waals surface area (Å²) in [7, 11) is 0. The van der Waals surface area contributed by atoms with Crippen LogP contribution in [0.15, 0.2) is 60.8 Å². The molecule has 0 radical (unpaired) electrons. The number of carbonyl (C=O) groups is 1. The summed E-state index contributed by atoms with van der Waals surface area (Å²) in [5.41, 5.74) is 1.43. The van der Waals surface area contributed by atoms with Crippen molar-refractivity contribution in [2.45, 2.75) is 0 Å². The van der Waals surface area contributed by atoms with Crippen LogP contribution in [0.2, 0.25) is 0 Å². The fourth-order valence-corrected chi connectivity index (χ4v) is 2.10. The molecule has 1 aromatic heterocycles. The van der Waals surface area contributed by atoms with Gasteiger partial charge in [0.15, 0.2) is 18.2 Å². The number of nitrogens with zero attached hydrogens (tertiary/aromatic N) is 1. The SMILES string of the molecule is O=C(COc1ccccc1F)Nc1cccc2ncccc12. The first-order valence-corrected chi connectivity index (χ1v) is 6.75. The lowest BCUT2D eigenvalue weighted by Crippen LogP contribution is -2.20. The monoisotopic (exact) mass is 296 g/mol. The van der Waals surface area contributed by atoms with Crippen molar-refractivity contribution in [1.82, 2.24) is 4.98 Å². The highest BCUT2D eigenvalue weighted by molar-refractivity contribution is 6.01. The Balaban J connectivity index is 1.70. The molecule has 0 aliphatic heterocycles. The van der Waals surface area contributed by atoms with Gasteiger partial charge in [-0.05, 0) is 36.4 Å². The summed E-state index contributed by atoms with van der Waals surface area (Å²) < 4.78 is 18.6. The molecule has 0 saturated carbocycles. The van der Waals surface area contributed by atoms with E-state index in [-0.39, 0.29) is 18.3 Å². The van der Waals surface area contributed by atoms with Crippen molar-refractivity contribution < 1.29 is 13.9 Å². The van der Waals surface area contributed by atoms with Crippen LogP contribution in [-0.2, 0) is 4.79 Å². The number of ether oxygens (including phenoxy) is 1. The zero-order chi connectivity index (χ0) is 15.4. The van der Waals surface area contributed by atoms with Gasteiger partial charge in [-0.1, -0.05) is 18.2 Å². The molecule has 0 aliphatic rings. The van der Waals surface area contributed by atoms with E-state index in [4.69, 9.17) is 4.74 Å². The van der Waals surface area contributed by atoms with Crippen LogP contribution in [0.4, 0.5) is 10.1 Å². The van der Waals surface area contributed by atoms with Gasteiger partial charge in [-0.25, -0.2) is 4.39 Å². The highest BCUT2D eigenvalue weighted by atomic mass is 19.1. The number of halogens is 1. The number of benzene rings is 2. The summed E-state index contributed by atoms with van der Waals surface area (Å²) in [5, 5.41) is 3.59. The number of hydrogen-bond donors (Lipinski definition) is 1. The number of aromatic nitrogens is 1. The van der Waals surface area contributed by atoms with Gasteiger partial charge in [-0.2, -0.15) is 0 Å². The van der Waals surface area contributed by atoms with E-state index in [1.165, 1.54) is 12.1 Å². The predicted octanol–water partition coefficient (Wildman–Crippen LogP) is 3.39. The molecule has 1 amide bonds. The highest BCUT2D eigenvalue weighted by Crippen LogP contribution is 2.21. The molecule has 3 aromatic rings. The fraction of sp³-hybridized carbons (Fsp3) is 0.0588. The molecule has 2 aromatic carbocycles. The highest BCUT2D eigenvalue weighted by Gasteiger charge is 2.08. The van der Waals surface area contributed by atoms with E-state index < -0.39 is 5.82 Å². The summed E-state index contributed by atoms with van der Waals surface area (Å²) >= 11 is 0.